The number of aliphatic hydroxyl groups is 1. The molecule has 0 radical (unpaired) electrons. The monoisotopic (exact) mass is 202 g/mol. The summed E-state index contributed by atoms with van der Waals surface area (Å²) in [6, 6.07) is 0. The number of carboxylic acids is 1. The molecule has 0 aliphatic rings. The Labute approximate surface area is 86.1 Å². The second kappa shape index (κ2) is 6.82. The van der Waals surface area contributed by atoms with Crippen LogP contribution >= 0.6 is 0 Å². The van der Waals surface area contributed by atoms with Crippen molar-refractivity contribution in [2.24, 2.45) is 0 Å². The fraction of sp³-hybridized carbons (Fsp3) is 0.909. The molecule has 0 aliphatic carbocycles. The van der Waals surface area contributed by atoms with Crippen molar-refractivity contribution in [1.82, 2.24) is 0 Å². The first kappa shape index (κ1) is 13.4. The molecule has 0 aromatic rings. The Morgan fingerprint density at radius 1 is 1.07 bits per heavy atom. The molecule has 3 heteroatoms. The summed E-state index contributed by atoms with van der Waals surface area (Å²) < 4.78 is 0. The molecule has 0 aromatic carbocycles. The molecule has 0 fully saturated rings. The van der Waals surface area contributed by atoms with E-state index in [9.17, 15) is 9.90 Å². The molecule has 0 saturated carbocycles. The minimum Gasteiger partial charge on any atom is -0.481 e. The van der Waals surface area contributed by atoms with Gasteiger partial charge < -0.3 is 10.2 Å². The average Bonchev–Trinajstić information content (AvgIpc) is 2.00. The second-order valence-electron chi connectivity index (χ2n) is 4.47. The van der Waals surface area contributed by atoms with Gasteiger partial charge in [-0.2, -0.15) is 0 Å². The highest BCUT2D eigenvalue weighted by molar-refractivity contribution is 5.66. The zero-order valence-corrected chi connectivity index (χ0v) is 9.25. The van der Waals surface area contributed by atoms with Crippen molar-refractivity contribution in [2.75, 3.05) is 0 Å². The Morgan fingerprint density at radius 3 is 2.07 bits per heavy atom. The van der Waals surface area contributed by atoms with Crippen LogP contribution in [0.2, 0.25) is 0 Å². The van der Waals surface area contributed by atoms with E-state index < -0.39 is 11.6 Å². The summed E-state index contributed by atoms with van der Waals surface area (Å²) >= 11 is 0. The molecule has 0 aromatic heterocycles. The average molecular weight is 202 g/mol. The van der Waals surface area contributed by atoms with Crippen LogP contribution in [0.1, 0.15) is 58.8 Å². The molecular weight excluding hydrogens is 180 g/mol. The number of unbranched alkanes of at least 4 members (excludes halogenated alkanes) is 4. The predicted octanol–water partition coefficient (Wildman–Crippen LogP) is 2.57. The van der Waals surface area contributed by atoms with Crippen LogP contribution in [0.3, 0.4) is 0 Å². The van der Waals surface area contributed by atoms with E-state index in [2.05, 4.69) is 0 Å². The van der Waals surface area contributed by atoms with Crippen molar-refractivity contribution in [1.29, 1.82) is 0 Å². The van der Waals surface area contributed by atoms with Crippen LogP contribution in [0.15, 0.2) is 0 Å². The van der Waals surface area contributed by atoms with Gasteiger partial charge in [0, 0.05) is 6.42 Å². The van der Waals surface area contributed by atoms with E-state index in [-0.39, 0.29) is 6.42 Å². The summed E-state index contributed by atoms with van der Waals surface area (Å²) in [6.45, 7) is 3.63. The van der Waals surface area contributed by atoms with Crippen LogP contribution in [0, 0.1) is 0 Å². The van der Waals surface area contributed by atoms with Crippen LogP contribution in [0.4, 0.5) is 0 Å². The first-order valence-corrected chi connectivity index (χ1v) is 5.36. The number of carbonyl (C=O) groups is 1. The van der Waals surface area contributed by atoms with Gasteiger partial charge in [0.15, 0.2) is 0 Å². The van der Waals surface area contributed by atoms with E-state index in [4.69, 9.17) is 5.11 Å². The van der Waals surface area contributed by atoms with Gasteiger partial charge in [-0.05, 0) is 26.7 Å². The highest BCUT2D eigenvalue weighted by Crippen LogP contribution is 2.14. The quantitative estimate of drug-likeness (QED) is 0.595. The minimum atomic E-state index is -0.707. The van der Waals surface area contributed by atoms with E-state index in [1.165, 1.54) is 0 Å². The lowest BCUT2D eigenvalue weighted by molar-refractivity contribution is -0.137. The smallest absolute Gasteiger partial charge is 0.303 e. The van der Waals surface area contributed by atoms with Crippen molar-refractivity contribution in [3.63, 3.8) is 0 Å². The third-order valence-electron chi connectivity index (χ3n) is 2.18. The predicted molar refractivity (Wildman–Crippen MR) is 56.3 cm³/mol. The molecule has 0 amide bonds. The number of hydrogen-bond acceptors (Lipinski definition) is 2. The number of carboxylic acid groups (broad SMARTS) is 1. The maximum Gasteiger partial charge on any atom is 0.303 e. The maximum absolute atomic E-state index is 10.2. The Balaban J connectivity index is 3.11. The van der Waals surface area contributed by atoms with Crippen LogP contribution in [-0.4, -0.2) is 21.8 Å². The normalized spacial score (nSPS) is 11.6. The molecule has 0 bridgehead atoms. The Hall–Kier alpha value is -0.570. The molecule has 84 valence electrons. The van der Waals surface area contributed by atoms with Crippen molar-refractivity contribution in [2.45, 2.75) is 64.4 Å². The number of hydrogen-bond donors (Lipinski definition) is 2. The third-order valence-corrected chi connectivity index (χ3v) is 2.18. The van der Waals surface area contributed by atoms with Crippen LogP contribution in [-0.2, 0) is 4.79 Å². The molecule has 0 unspecified atom stereocenters. The molecule has 3 nitrogen and oxygen atoms in total. The summed E-state index contributed by atoms with van der Waals surface area (Å²) in [5, 5.41) is 17.8. The highest BCUT2D eigenvalue weighted by Gasteiger charge is 2.10. The zero-order chi connectivity index (χ0) is 11.0. The molecule has 0 spiro atoms. The Kier molecular flexibility index (Phi) is 6.54. The van der Waals surface area contributed by atoms with Crippen molar-refractivity contribution >= 4 is 5.97 Å². The fourth-order valence-corrected chi connectivity index (χ4v) is 1.36. The summed E-state index contributed by atoms with van der Waals surface area (Å²) in [5.74, 6) is -0.707. The Morgan fingerprint density at radius 2 is 1.57 bits per heavy atom. The van der Waals surface area contributed by atoms with Gasteiger partial charge in [-0.1, -0.05) is 25.7 Å². The van der Waals surface area contributed by atoms with E-state index in [0.717, 1.165) is 38.5 Å². The lowest BCUT2D eigenvalue weighted by atomic mass is 10.00. The fourth-order valence-electron chi connectivity index (χ4n) is 1.36. The lowest BCUT2D eigenvalue weighted by Crippen LogP contribution is -2.17. The molecule has 0 heterocycles. The standard InChI is InChI=1S/C11H22O3/c1-11(2,14)9-7-5-3-4-6-8-10(12)13/h14H,3-9H2,1-2H3,(H,12,13). The first-order chi connectivity index (χ1) is 6.42. The summed E-state index contributed by atoms with van der Waals surface area (Å²) in [5.41, 5.74) is -0.554. The van der Waals surface area contributed by atoms with Gasteiger partial charge >= 0.3 is 5.97 Å². The molecule has 0 rings (SSSR count). The number of rotatable bonds is 8. The van der Waals surface area contributed by atoms with Crippen molar-refractivity contribution < 1.29 is 15.0 Å². The van der Waals surface area contributed by atoms with E-state index in [1.807, 2.05) is 13.8 Å². The molecule has 2 N–H and O–H groups in total. The van der Waals surface area contributed by atoms with E-state index in [1.54, 1.807) is 0 Å². The zero-order valence-electron chi connectivity index (χ0n) is 9.25. The summed E-state index contributed by atoms with van der Waals surface area (Å²) in [6.07, 6.45) is 6.05. The van der Waals surface area contributed by atoms with Crippen LogP contribution < -0.4 is 0 Å². The van der Waals surface area contributed by atoms with Gasteiger partial charge in [-0.25, -0.2) is 0 Å². The van der Waals surface area contributed by atoms with Crippen LogP contribution in [0.5, 0.6) is 0 Å². The summed E-state index contributed by atoms with van der Waals surface area (Å²) in [4.78, 5) is 10.2. The molecule has 0 aliphatic heterocycles. The van der Waals surface area contributed by atoms with Crippen LogP contribution in [0.25, 0.3) is 0 Å². The van der Waals surface area contributed by atoms with Gasteiger partial charge in [0.2, 0.25) is 0 Å². The molecular formula is C11H22O3. The SMILES string of the molecule is CC(C)(O)CCCCCCCC(=O)O. The van der Waals surface area contributed by atoms with Crippen molar-refractivity contribution in [3.05, 3.63) is 0 Å². The maximum atomic E-state index is 10.2. The first-order valence-electron chi connectivity index (χ1n) is 5.36. The van der Waals surface area contributed by atoms with Crippen molar-refractivity contribution in [3.8, 4) is 0 Å². The van der Waals surface area contributed by atoms with Gasteiger partial charge in [-0.3, -0.25) is 4.79 Å². The van der Waals surface area contributed by atoms with E-state index in [0.29, 0.717) is 0 Å². The lowest BCUT2D eigenvalue weighted by Gasteiger charge is -2.16. The molecule has 14 heavy (non-hydrogen) atoms. The number of aliphatic carboxylic acids is 1. The summed E-state index contributed by atoms with van der Waals surface area (Å²) in [7, 11) is 0. The van der Waals surface area contributed by atoms with Gasteiger partial charge in [0.25, 0.3) is 0 Å². The van der Waals surface area contributed by atoms with E-state index >= 15 is 0 Å². The minimum absolute atomic E-state index is 0.283. The molecule has 0 atom stereocenters. The van der Waals surface area contributed by atoms with Gasteiger partial charge in [-0.15, -0.1) is 0 Å². The Bertz CT molecular complexity index is 158. The second-order valence-corrected chi connectivity index (χ2v) is 4.47. The topological polar surface area (TPSA) is 57.5 Å². The highest BCUT2D eigenvalue weighted by atomic mass is 16.4. The molecule has 0 saturated heterocycles. The largest absolute Gasteiger partial charge is 0.481 e. The third kappa shape index (κ3) is 11.4. The van der Waals surface area contributed by atoms with Gasteiger partial charge in [0.05, 0.1) is 5.60 Å². The van der Waals surface area contributed by atoms with Gasteiger partial charge in [0.1, 0.15) is 0 Å².